The van der Waals surface area contributed by atoms with Gasteiger partial charge in [-0.25, -0.2) is 4.79 Å². The highest BCUT2D eigenvalue weighted by molar-refractivity contribution is 5.74. The van der Waals surface area contributed by atoms with Gasteiger partial charge in [-0.15, -0.1) is 0 Å². The lowest BCUT2D eigenvalue weighted by atomic mass is 9.83. The van der Waals surface area contributed by atoms with Crippen molar-refractivity contribution in [3.8, 4) is 0 Å². The third-order valence-corrected chi connectivity index (χ3v) is 4.82. The molecule has 0 unspecified atom stereocenters. The zero-order chi connectivity index (χ0) is 13.5. The Morgan fingerprint density at radius 3 is 2.05 bits per heavy atom. The van der Waals surface area contributed by atoms with Crippen molar-refractivity contribution in [2.24, 2.45) is 5.92 Å². The van der Waals surface area contributed by atoms with Crippen molar-refractivity contribution in [3.63, 3.8) is 0 Å². The molecular formula is C16H30N2O. The highest BCUT2D eigenvalue weighted by atomic mass is 16.2. The maximum Gasteiger partial charge on any atom is 0.315 e. The topological polar surface area (TPSA) is 41.1 Å². The van der Waals surface area contributed by atoms with Gasteiger partial charge in [0.1, 0.15) is 0 Å². The van der Waals surface area contributed by atoms with Crippen molar-refractivity contribution in [1.82, 2.24) is 10.6 Å². The first kappa shape index (κ1) is 14.7. The molecule has 2 saturated carbocycles. The highest BCUT2D eigenvalue weighted by Gasteiger charge is 2.23. The van der Waals surface area contributed by atoms with E-state index in [0.29, 0.717) is 12.1 Å². The molecule has 0 heterocycles. The molecule has 0 saturated heterocycles. The molecule has 3 heteroatoms. The van der Waals surface area contributed by atoms with Crippen LogP contribution in [-0.2, 0) is 0 Å². The van der Waals surface area contributed by atoms with E-state index in [-0.39, 0.29) is 6.03 Å². The van der Waals surface area contributed by atoms with Crippen LogP contribution in [0.4, 0.5) is 4.79 Å². The number of rotatable bonds is 4. The lowest BCUT2D eigenvalue weighted by Crippen LogP contribution is -2.47. The molecule has 0 aromatic rings. The van der Waals surface area contributed by atoms with Gasteiger partial charge in [0, 0.05) is 12.1 Å². The Bertz CT molecular complexity index is 266. The normalized spacial score (nSPS) is 28.9. The van der Waals surface area contributed by atoms with Crippen LogP contribution < -0.4 is 10.6 Å². The molecule has 0 spiro atoms. The smallest absolute Gasteiger partial charge is 0.315 e. The minimum atomic E-state index is 0.0749. The maximum absolute atomic E-state index is 12.0. The third kappa shape index (κ3) is 5.04. The Balaban J connectivity index is 1.63. The van der Waals surface area contributed by atoms with Gasteiger partial charge >= 0.3 is 6.03 Å². The van der Waals surface area contributed by atoms with Crippen LogP contribution in [0.15, 0.2) is 0 Å². The number of hydrogen-bond donors (Lipinski definition) is 2. The molecule has 2 amide bonds. The molecule has 2 rings (SSSR count). The van der Waals surface area contributed by atoms with Crippen LogP contribution in [0.1, 0.15) is 77.6 Å². The SMILES string of the molecule is CCCC1CCC(NC(=O)NC2CCCCC2)CC1. The van der Waals surface area contributed by atoms with E-state index in [4.69, 9.17) is 0 Å². The summed E-state index contributed by atoms with van der Waals surface area (Å²) in [7, 11) is 0. The molecule has 2 aliphatic rings. The fourth-order valence-corrected chi connectivity index (χ4v) is 3.66. The largest absolute Gasteiger partial charge is 0.335 e. The first-order valence-corrected chi connectivity index (χ1v) is 8.35. The van der Waals surface area contributed by atoms with E-state index >= 15 is 0 Å². The molecule has 0 bridgehead atoms. The van der Waals surface area contributed by atoms with E-state index < -0.39 is 0 Å². The van der Waals surface area contributed by atoms with Crippen LogP contribution in [0.3, 0.4) is 0 Å². The van der Waals surface area contributed by atoms with Gasteiger partial charge in [0.05, 0.1) is 0 Å². The molecule has 3 nitrogen and oxygen atoms in total. The second kappa shape index (κ2) is 7.76. The molecule has 0 aromatic carbocycles. The molecule has 2 aliphatic carbocycles. The number of carbonyl (C=O) groups excluding carboxylic acids is 1. The molecule has 0 aromatic heterocycles. The summed E-state index contributed by atoms with van der Waals surface area (Å²) in [6, 6.07) is 0.910. The van der Waals surface area contributed by atoms with Crippen LogP contribution in [-0.4, -0.2) is 18.1 Å². The Morgan fingerprint density at radius 2 is 1.47 bits per heavy atom. The van der Waals surface area contributed by atoms with Crippen molar-refractivity contribution in [2.75, 3.05) is 0 Å². The zero-order valence-electron chi connectivity index (χ0n) is 12.4. The summed E-state index contributed by atoms with van der Waals surface area (Å²) in [5.41, 5.74) is 0. The molecular weight excluding hydrogens is 236 g/mol. The van der Waals surface area contributed by atoms with Crippen LogP contribution in [0, 0.1) is 5.92 Å². The lowest BCUT2D eigenvalue weighted by Gasteiger charge is -2.30. The number of nitrogens with one attached hydrogen (secondary N) is 2. The lowest BCUT2D eigenvalue weighted by molar-refractivity contribution is 0.218. The summed E-state index contributed by atoms with van der Waals surface area (Å²) in [6.45, 7) is 2.27. The van der Waals surface area contributed by atoms with E-state index in [0.717, 1.165) is 18.8 Å². The van der Waals surface area contributed by atoms with Crippen molar-refractivity contribution >= 4 is 6.03 Å². The van der Waals surface area contributed by atoms with Gasteiger partial charge < -0.3 is 10.6 Å². The molecule has 0 radical (unpaired) electrons. The number of amides is 2. The predicted octanol–water partition coefficient (Wildman–Crippen LogP) is 3.98. The summed E-state index contributed by atoms with van der Waals surface area (Å²) >= 11 is 0. The molecule has 19 heavy (non-hydrogen) atoms. The van der Waals surface area contributed by atoms with E-state index in [9.17, 15) is 4.79 Å². The highest BCUT2D eigenvalue weighted by Crippen LogP contribution is 2.27. The minimum absolute atomic E-state index is 0.0749. The molecule has 2 fully saturated rings. The van der Waals surface area contributed by atoms with E-state index in [1.807, 2.05) is 0 Å². The van der Waals surface area contributed by atoms with Crippen LogP contribution in [0.2, 0.25) is 0 Å². The van der Waals surface area contributed by atoms with Crippen LogP contribution in [0.5, 0.6) is 0 Å². The van der Waals surface area contributed by atoms with E-state index in [1.165, 1.54) is 57.8 Å². The predicted molar refractivity (Wildman–Crippen MR) is 79.2 cm³/mol. The van der Waals surface area contributed by atoms with Crippen molar-refractivity contribution in [2.45, 2.75) is 89.6 Å². The number of carbonyl (C=O) groups is 1. The van der Waals surface area contributed by atoms with Gasteiger partial charge in [-0.1, -0.05) is 39.0 Å². The third-order valence-electron chi connectivity index (χ3n) is 4.82. The Labute approximate surface area is 117 Å². The number of urea groups is 1. The standard InChI is InChI=1S/C16H30N2O/c1-2-6-13-9-11-15(12-10-13)18-16(19)17-14-7-4-3-5-8-14/h13-15H,2-12H2,1H3,(H2,17,18,19). The Hall–Kier alpha value is -0.730. The van der Waals surface area contributed by atoms with Crippen molar-refractivity contribution < 1.29 is 4.79 Å². The second-order valence-corrected chi connectivity index (χ2v) is 6.46. The summed E-state index contributed by atoms with van der Waals surface area (Å²) in [6.07, 6.45) is 13.8. The molecule has 0 atom stereocenters. The fourth-order valence-electron chi connectivity index (χ4n) is 3.66. The second-order valence-electron chi connectivity index (χ2n) is 6.46. The summed E-state index contributed by atoms with van der Waals surface area (Å²) in [4.78, 5) is 12.0. The van der Waals surface area contributed by atoms with Gasteiger partial charge in [-0.05, 0) is 44.4 Å². The Morgan fingerprint density at radius 1 is 0.895 bits per heavy atom. The van der Waals surface area contributed by atoms with E-state index in [2.05, 4.69) is 17.6 Å². The van der Waals surface area contributed by atoms with Crippen LogP contribution in [0.25, 0.3) is 0 Å². The average molecular weight is 266 g/mol. The van der Waals surface area contributed by atoms with Gasteiger partial charge in [0.15, 0.2) is 0 Å². The number of hydrogen-bond acceptors (Lipinski definition) is 1. The maximum atomic E-state index is 12.0. The van der Waals surface area contributed by atoms with Crippen molar-refractivity contribution in [3.05, 3.63) is 0 Å². The first-order chi connectivity index (χ1) is 9.28. The zero-order valence-corrected chi connectivity index (χ0v) is 12.4. The van der Waals surface area contributed by atoms with Crippen molar-refractivity contribution in [1.29, 1.82) is 0 Å². The van der Waals surface area contributed by atoms with Gasteiger partial charge in [0.2, 0.25) is 0 Å². The fraction of sp³-hybridized carbons (Fsp3) is 0.938. The van der Waals surface area contributed by atoms with Gasteiger partial charge in [0.25, 0.3) is 0 Å². The molecule has 2 N–H and O–H groups in total. The summed E-state index contributed by atoms with van der Waals surface area (Å²) in [5, 5.41) is 6.33. The van der Waals surface area contributed by atoms with Gasteiger partial charge in [-0.2, -0.15) is 0 Å². The first-order valence-electron chi connectivity index (χ1n) is 8.35. The monoisotopic (exact) mass is 266 g/mol. The van der Waals surface area contributed by atoms with E-state index in [1.54, 1.807) is 0 Å². The minimum Gasteiger partial charge on any atom is -0.335 e. The quantitative estimate of drug-likeness (QED) is 0.794. The molecule has 0 aliphatic heterocycles. The summed E-state index contributed by atoms with van der Waals surface area (Å²) < 4.78 is 0. The summed E-state index contributed by atoms with van der Waals surface area (Å²) in [5.74, 6) is 0.907. The Kier molecular flexibility index (Phi) is 5.99. The average Bonchev–Trinajstić information content (AvgIpc) is 2.42. The molecule has 110 valence electrons. The van der Waals surface area contributed by atoms with Crippen LogP contribution >= 0.6 is 0 Å². The van der Waals surface area contributed by atoms with Gasteiger partial charge in [-0.3, -0.25) is 0 Å².